The summed E-state index contributed by atoms with van der Waals surface area (Å²) in [5.74, 6) is 0.298. The first-order chi connectivity index (χ1) is 12.7. The topological polar surface area (TPSA) is 45.2 Å². The zero-order chi connectivity index (χ0) is 17.7. The number of carbonyl (C=O) groups is 1. The van der Waals surface area contributed by atoms with Gasteiger partial charge in [-0.25, -0.2) is 9.37 Å². The van der Waals surface area contributed by atoms with E-state index in [1.165, 1.54) is 5.56 Å². The van der Waals surface area contributed by atoms with Crippen molar-refractivity contribution in [2.45, 2.75) is 37.5 Å². The Morgan fingerprint density at radius 1 is 1.19 bits per heavy atom. The summed E-state index contributed by atoms with van der Waals surface area (Å²) in [6, 6.07) is 7.17. The molecular weight excluding hydrogens is 329 g/mol. The van der Waals surface area contributed by atoms with Crippen molar-refractivity contribution < 1.29 is 9.18 Å². The fourth-order valence-electron chi connectivity index (χ4n) is 4.29. The molecule has 0 atom stereocenters. The second-order valence-corrected chi connectivity index (χ2v) is 7.77. The predicted molar refractivity (Wildman–Crippen MR) is 98.8 cm³/mol. The Labute approximate surface area is 152 Å². The van der Waals surface area contributed by atoms with Crippen LogP contribution in [0.1, 0.15) is 48.0 Å². The Kier molecular flexibility index (Phi) is 3.52. The minimum absolute atomic E-state index is 0.171. The third kappa shape index (κ3) is 2.41. The summed E-state index contributed by atoms with van der Waals surface area (Å²) in [7, 11) is 0. The molecule has 2 aliphatic heterocycles. The third-order valence-electron chi connectivity index (χ3n) is 6.09. The van der Waals surface area contributed by atoms with Crippen LogP contribution in [-0.2, 0) is 5.41 Å². The molecule has 0 radical (unpaired) electrons. The van der Waals surface area contributed by atoms with Crippen molar-refractivity contribution in [3.8, 4) is 11.1 Å². The molecule has 1 amide bonds. The minimum atomic E-state index is -0.430. The quantitative estimate of drug-likeness (QED) is 0.890. The van der Waals surface area contributed by atoms with Gasteiger partial charge >= 0.3 is 0 Å². The number of nitrogens with zero attached hydrogens (tertiary/aromatic N) is 2. The highest BCUT2D eigenvalue weighted by atomic mass is 19.1. The van der Waals surface area contributed by atoms with Crippen molar-refractivity contribution in [2.24, 2.45) is 0 Å². The first-order valence-corrected chi connectivity index (χ1v) is 9.51. The zero-order valence-corrected chi connectivity index (χ0v) is 14.7. The highest BCUT2D eigenvalue weighted by molar-refractivity contribution is 5.96. The van der Waals surface area contributed by atoms with E-state index in [2.05, 4.69) is 16.4 Å². The van der Waals surface area contributed by atoms with Gasteiger partial charge in [-0.05, 0) is 44.2 Å². The fraction of sp³-hybridized carbons (Fsp3) is 0.429. The van der Waals surface area contributed by atoms with Crippen molar-refractivity contribution in [3.05, 3.63) is 47.4 Å². The molecule has 2 aromatic rings. The predicted octanol–water partition coefficient (Wildman–Crippen LogP) is 3.97. The molecule has 5 rings (SSSR count). The number of benzene rings is 1. The van der Waals surface area contributed by atoms with Crippen molar-refractivity contribution in [1.29, 1.82) is 0 Å². The largest absolute Gasteiger partial charge is 0.369 e. The summed E-state index contributed by atoms with van der Waals surface area (Å²) in [6.45, 7) is 2.36. The second-order valence-electron chi connectivity index (χ2n) is 7.77. The molecule has 4 nitrogen and oxygen atoms in total. The maximum absolute atomic E-state index is 15.2. The van der Waals surface area contributed by atoms with Crippen LogP contribution in [0.3, 0.4) is 0 Å². The monoisotopic (exact) mass is 351 g/mol. The van der Waals surface area contributed by atoms with Gasteiger partial charge in [0.05, 0.1) is 5.56 Å². The first-order valence-electron chi connectivity index (χ1n) is 9.51. The van der Waals surface area contributed by atoms with Crippen LogP contribution in [0.25, 0.3) is 11.1 Å². The third-order valence-corrected chi connectivity index (χ3v) is 6.09. The molecule has 1 saturated heterocycles. The van der Waals surface area contributed by atoms with Gasteiger partial charge in [-0.2, -0.15) is 0 Å². The molecule has 2 fully saturated rings. The fourth-order valence-corrected chi connectivity index (χ4v) is 4.29. The number of fused-ring (bicyclic) bond motifs is 2. The Hall–Kier alpha value is -2.43. The average molecular weight is 351 g/mol. The summed E-state index contributed by atoms with van der Waals surface area (Å²) < 4.78 is 15.2. The molecule has 3 aliphatic rings. The van der Waals surface area contributed by atoms with Crippen LogP contribution in [-0.4, -0.2) is 35.4 Å². The summed E-state index contributed by atoms with van der Waals surface area (Å²) in [5, 5.41) is 3.35. The molecule has 26 heavy (non-hydrogen) atoms. The average Bonchev–Trinajstić information content (AvgIpc) is 3.39. The summed E-state index contributed by atoms with van der Waals surface area (Å²) in [6.07, 6.45) is 7.17. The molecular formula is C21H22FN3O. The molecule has 5 heteroatoms. The molecule has 1 aliphatic carbocycles. The Bertz CT molecular complexity index is 885. The molecule has 1 saturated carbocycles. The van der Waals surface area contributed by atoms with Gasteiger partial charge in [-0.15, -0.1) is 0 Å². The van der Waals surface area contributed by atoms with Gasteiger partial charge in [0, 0.05) is 47.9 Å². The number of carbonyl (C=O) groups excluding carboxylic acids is 1. The number of rotatable bonds is 2. The molecule has 3 heterocycles. The maximum Gasteiger partial charge on any atom is 0.256 e. The lowest BCUT2D eigenvalue weighted by molar-refractivity contribution is 0.0719. The van der Waals surface area contributed by atoms with Crippen LogP contribution >= 0.6 is 0 Å². The van der Waals surface area contributed by atoms with E-state index in [1.54, 1.807) is 29.3 Å². The highest BCUT2D eigenvalue weighted by Crippen LogP contribution is 2.54. The van der Waals surface area contributed by atoms with Crippen molar-refractivity contribution >= 4 is 11.7 Å². The number of anilines is 1. The van der Waals surface area contributed by atoms with Gasteiger partial charge in [0.1, 0.15) is 11.6 Å². The number of nitrogens with one attached hydrogen (secondary N) is 1. The smallest absolute Gasteiger partial charge is 0.256 e. The molecule has 134 valence electrons. The lowest BCUT2D eigenvalue weighted by Gasteiger charge is -2.27. The zero-order valence-electron chi connectivity index (χ0n) is 14.7. The molecule has 1 N–H and O–H groups in total. The standard InChI is InChI=1S/C21H22FN3O/c22-18-15(5-4-6-16(18)20(26)25-9-2-1-3-10-25)14-11-17-19(23-12-14)24-13-21(17)7-8-21/h4-6,11-12H,1-3,7-10,13H2,(H,23,24). The number of aromatic nitrogens is 1. The molecule has 1 spiro atoms. The molecule has 0 bridgehead atoms. The summed E-state index contributed by atoms with van der Waals surface area (Å²) in [4.78, 5) is 19.0. The lowest BCUT2D eigenvalue weighted by Crippen LogP contribution is -2.36. The van der Waals surface area contributed by atoms with Crippen molar-refractivity contribution in [1.82, 2.24) is 9.88 Å². The van der Waals surface area contributed by atoms with Gasteiger partial charge in [-0.3, -0.25) is 4.79 Å². The normalized spacial score (nSPS) is 20.0. The number of likely N-dealkylation sites (tertiary alicyclic amines) is 1. The summed E-state index contributed by atoms with van der Waals surface area (Å²) in [5.41, 5.74) is 2.79. The number of amides is 1. The van der Waals surface area contributed by atoms with Gasteiger partial charge in [0.15, 0.2) is 0 Å². The van der Waals surface area contributed by atoms with E-state index < -0.39 is 5.82 Å². The van der Waals surface area contributed by atoms with Gasteiger partial charge in [-0.1, -0.05) is 12.1 Å². The van der Waals surface area contributed by atoms with E-state index in [1.807, 2.05) is 0 Å². The Morgan fingerprint density at radius 2 is 2.00 bits per heavy atom. The van der Waals surface area contributed by atoms with E-state index in [-0.39, 0.29) is 16.9 Å². The van der Waals surface area contributed by atoms with Crippen molar-refractivity contribution in [3.63, 3.8) is 0 Å². The number of piperidine rings is 1. The van der Waals surface area contributed by atoms with E-state index in [4.69, 9.17) is 0 Å². The molecule has 1 aromatic heterocycles. The van der Waals surface area contributed by atoms with Crippen LogP contribution in [0, 0.1) is 5.82 Å². The number of hydrogen-bond acceptors (Lipinski definition) is 3. The number of halogens is 1. The van der Waals surface area contributed by atoms with E-state index in [0.29, 0.717) is 5.56 Å². The second kappa shape index (κ2) is 5.79. The van der Waals surface area contributed by atoms with Crippen LogP contribution < -0.4 is 5.32 Å². The summed E-state index contributed by atoms with van der Waals surface area (Å²) >= 11 is 0. The highest BCUT2D eigenvalue weighted by Gasteiger charge is 2.49. The maximum atomic E-state index is 15.2. The van der Waals surface area contributed by atoms with Gasteiger partial charge in [0.2, 0.25) is 0 Å². The minimum Gasteiger partial charge on any atom is -0.369 e. The van der Waals surface area contributed by atoms with E-state index in [9.17, 15) is 4.79 Å². The first kappa shape index (κ1) is 15.8. The van der Waals surface area contributed by atoms with Crippen LogP contribution in [0.5, 0.6) is 0 Å². The van der Waals surface area contributed by atoms with E-state index >= 15 is 4.39 Å². The Balaban J connectivity index is 1.52. The lowest BCUT2D eigenvalue weighted by atomic mass is 9.95. The van der Waals surface area contributed by atoms with E-state index in [0.717, 1.165) is 63.1 Å². The number of hydrogen-bond donors (Lipinski definition) is 1. The van der Waals surface area contributed by atoms with Crippen LogP contribution in [0.15, 0.2) is 30.5 Å². The SMILES string of the molecule is O=C(c1cccc(-c2cnc3c(c2)C2(CC2)CN3)c1F)N1CCCCC1. The van der Waals surface area contributed by atoms with Crippen LogP contribution in [0.4, 0.5) is 10.2 Å². The Morgan fingerprint density at radius 3 is 2.77 bits per heavy atom. The molecule has 1 aromatic carbocycles. The van der Waals surface area contributed by atoms with Crippen molar-refractivity contribution in [2.75, 3.05) is 25.0 Å². The van der Waals surface area contributed by atoms with Gasteiger partial charge in [0.25, 0.3) is 5.91 Å². The van der Waals surface area contributed by atoms with Gasteiger partial charge < -0.3 is 10.2 Å². The number of pyridine rings is 1. The van der Waals surface area contributed by atoms with Crippen LogP contribution in [0.2, 0.25) is 0 Å². The molecule has 0 unspecified atom stereocenters.